The molecule has 0 saturated heterocycles. The summed E-state index contributed by atoms with van der Waals surface area (Å²) in [6.45, 7) is 5.20. The van der Waals surface area contributed by atoms with Gasteiger partial charge < -0.3 is 10.6 Å². The maximum absolute atomic E-state index is 13.7. The lowest BCUT2D eigenvalue weighted by Crippen LogP contribution is -2.12. The van der Waals surface area contributed by atoms with Gasteiger partial charge in [-0.1, -0.05) is 0 Å². The number of aryl methyl sites for hydroxylation is 2. The minimum absolute atomic E-state index is 0.0370. The van der Waals surface area contributed by atoms with Crippen molar-refractivity contribution in [1.29, 1.82) is 0 Å². The highest BCUT2D eigenvalue weighted by molar-refractivity contribution is 7.14. The number of nitrogens with one attached hydrogen (secondary N) is 2. The number of hydrogen-bond donors (Lipinski definition) is 2. The molecule has 0 aliphatic heterocycles. The van der Waals surface area contributed by atoms with Gasteiger partial charge in [0.15, 0.2) is 0 Å². The van der Waals surface area contributed by atoms with Crippen molar-refractivity contribution < 1.29 is 14.0 Å². The first kappa shape index (κ1) is 15.2. The fourth-order valence-electron chi connectivity index (χ4n) is 1.77. The topological polar surface area (TPSA) is 58.2 Å². The van der Waals surface area contributed by atoms with Gasteiger partial charge in [-0.2, -0.15) is 0 Å². The molecule has 0 fully saturated rings. The Morgan fingerprint density at radius 3 is 2.43 bits per heavy atom. The first-order valence-electron chi connectivity index (χ1n) is 6.32. The van der Waals surface area contributed by atoms with Crippen LogP contribution in [-0.2, 0) is 4.79 Å². The van der Waals surface area contributed by atoms with E-state index in [9.17, 15) is 14.0 Å². The Labute approximate surface area is 126 Å². The first-order valence-corrected chi connectivity index (χ1v) is 7.14. The van der Waals surface area contributed by atoms with Crippen LogP contribution < -0.4 is 10.6 Å². The van der Waals surface area contributed by atoms with E-state index in [1.807, 2.05) is 13.8 Å². The molecule has 1 aromatic carbocycles. The zero-order valence-electron chi connectivity index (χ0n) is 11.9. The number of benzene rings is 1. The summed E-state index contributed by atoms with van der Waals surface area (Å²) < 4.78 is 13.7. The van der Waals surface area contributed by atoms with Crippen LogP contribution >= 0.6 is 11.3 Å². The highest BCUT2D eigenvalue weighted by Crippen LogP contribution is 2.24. The highest BCUT2D eigenvalue weighted by Gasteiger charge is 2.13. The summed E-state index contributed by atoms with van der Waals surface area (Å²) in [4.78, 5) is 24.7. The van der Waals surface area contributed by atoms with Crippen molar-refractivity contribution in [2.24, 2.45) is 0 Å². The molecule has 0 spiro atoms. The molecule has 1 heterocycles. The standard InChI is InChI=1S/C15H15FN2O2S/c1-8-6-14(21-9(8)2)15(20)18-13-7-11(17-10(3)19)4-5-12(13)16/h4-7H,1-3H3,(H,17,19)(H,18,20). The van der Waals surface area contributed by atoms with Gasteiger partial charge in [-0.25, -0.2) is 4.39 Å². The van der Waals surface area contributed by atoms with E-state index in [0.717, 1.165) is 10.4 Å². The second kappa shape index (κ2) is 6.05. The maximum Gasteiger partial charge on any atom is 0.265 e. The van der Waals surface area contributed by atoms with Crippen molar-refractivity contribution in [3.8, 4) is 0 Å². The van der Waals surface area contributed by atoms with Crippen molar-refractivity contribution in [2.75, 3.05) is 10.6 Å². The van der Waals surface area contributed by atoms with E-state index in [2.05, 4.69) is 10.6 Å². The number of anilines is 2. The summed E-state index contributed by atoms with van der Waals surface area (Å²) in [5.41, 5.74) is 1.49. The first-order chi connectivity index (χ1) is 9.86. The van der Waals surface area contributed by atoms with Gasteiger partial charge in [0.1, 0.15) is 5.82 Å². The SMILES string of the molecule is CC(=O)Nc1ccc(F)c(NC(=O)c2cc(C)c(C)s2)c1. The predicted octanol–water partition coefficient (Wildman–Crippen LogP) is 3.71. The number of hydrogen-bond acceptors (Lipinski definition) is 3. The molecule has 0 radical (unpaired) electrons. The van der Waals surface area contributed by atoms with E-state index < -0.39 is 5.82 Å². The molecule has 0 atom stereocenters. The summed E-state index contributed by atoms with van der Waals surface area (Å²) in [5, 5.41) is 5.07. The smallest absolute Gasteiger partial charge is 0.265 e. The fraction of sp³-hybridized carbons (Fsp3) is 0.200. The Balaban J connectivity index is 2.22. The second-order valence-electron chi connectivity index (χ2n) is 4.68. The van der Waals surface area contributed by atoms with Gasteiger partial charge in [-0.15, -0.1) is 11.3 Å². The average Bonchev–Trinajstić information content (AvgIpc) is 2.73. The summed E-state index contributed by atoms with van der Waals surface area (Å²) >= 11 is 1.36. The van der Waals surface area contributed by atoms with Gasteiger partial charge in [-0.05, 0) is 43.7 Å². The molecule has 2 rings (SSSR count). The number of carbonyl (C=O) groups excluding carboxylic acids is 2. The lowest BCUT2D eigenvalue weighted by Gasteiger charge is -2.08. The molecule has 0 aliphatic rings. The summed E-state index contributed by atoms with van der Waals surface area (Å²) in [7, 11) is 0. The van der Waals surface area contributed by atoms with Crippen LogP contribution in [0.4, 0.5) is 15.8 Å². The van der Waals surface area contributed by atoms with E-state index in [-0.39, 0.29) is 17.5 Å². The van der Waals surface area contributed by atoms with Crippen molar-refractivity contribution in [3.05, 3.63) is 45.4 Å². The molecule has 21 heavy (non-hydrogen) atoms. The quantitative estimate of drug-likeness (QED) is 0.908. The molecule has 0 aliphatic carbocycles. The van der Waals surface area contributed by atoms with E-state index in [0.29, 0.717) is 10.6 Å². The average molecular weight is 306 g/mol. The Morgan fingerprint density at radius 2 is 1.86 bits per heavy atom. The van der Waals surface area contributed by atoms with Gasteiger partial charge in [0.2, 0.25) is 5.91 Å². The minimum Gasteiger partial charge on any atom is -0.326 e. The molecule has 0 bridgehead atoms. The van der Waals surface area contributed by atoms with Crippen molar-refractivity contribution in [3.63, 3.8) is 0 Å². The molecule has 2 N–H and O–H groups in total. The molecule has 2 amide bonds. The summed E-state index contributed by atoms with van der Waals surface area (Å²) in [6.07, 6.45) is 0. The number of thiophene rings is 1. The Morgan fingerprint density at radius 1 is 1.14 bits per heavy atom. The molecular weight excluding hydrogens is 291 g/mol. The largest absolute Gasteiger partial charge is 0.326 e. The van der Waals surface area contributed by atoms with Crippen LogP contribution in [-0.4, -0.2) is 11.8 Å². The van der Waals surface area contributed by atoms with E-state index in [1.165, 1.54) is 36.5 Å². The van der Waals surface area contributed by atoms with Crippen LogP contribution in [0.1, 0.15) is 27.0 Å². The van der Waals surface area contributed by atoms with Crippen LogP contribution in [0.25, 0.3) is 0 Å². The van der Waals surface area contributed by atoms with Gasteiger partial charge in [0, 0.05) is 17.5 Å². The highest BCUT2D eigenvalue weighted by atomic mass is 32.1. The number of carbonyl (C=O) groups is 2. The maximum atomic E-state index is 13.7. The van der Waals surface area contributed by atoms with Crippen molar-refractivity contribution in [2.45, 2.75) is 20.8 Å². The van der Waals surface area contributed by atoms with E-state index >= 15 is 0 Å². The Bertz CT molecular complexity index is 690. The molecule has 0 saturated carbocycles. The number of amides is 2. The summed E-state index contributed by atoms with van der Waals surface area (Å²) in [5.74, 6) is -1.18. The van der Waals surface area contributed by atoms with Gasteiger partial charge in [0.25, 0.3) is 5.91 Å². The van der Waals surface area contributed by atoms with Gasteiger partial charge >= 0.3 is 0 Å². The Kier molecular flexibility index (Phi) is 4.37. The molecule has 1 aromatic heterocycles. The minimum atomic E-state index is -0.553. The third-order valence-corrected chi connectivity index (χ3v) is 4.08. The lowest BCUT2D eigenvalue weighted by molar-refractivity contribution is -0.114. The van der Waals surface area contributed by atoms with Crippen LogP contribution in [0.15, 0.2) is 24.3 Å². The normalized spacial score (nSPS) is 10.3. The fourth-order valence-corrected chi connectivity index (χ4v) is 2.70. The van der Waals surface area contributed by atoms with Crippen molar-refractivity contribution >= 4 is 34.5 Å². The number of rotatable bonds is 3. The van der Waals surface area contributed by atoms with E-state index in [4.69, 9.17) is 0 Å². The van der Waals surface area contributed by atoms with E-state index in [1.54, 1.807) is 6.07 Å². The molecule has 2 aromatic rings. The zero-order valence-corrected chi connectivity index (χ0v) is 12.7. The molecule has 6 heteroatoms. The third kappa shape index (κ3) is 3.66. The van der Waals surface area contributed by atoms with Crippen LogP contribution in [0.2, 0.25) is 0 Å². The molecular formula is C15H15FN2O2S. The van der Waals surface area contributed by atoms with Crippen LogP contribution in [0.3, 0.4) is 0 Å². The number of halogens is 1. The molecule has 0 unspecified atom stereocenters. The third-order valence-electron chi connectivity index (χ3n) is 2.92. The zero-order chi connectivity index (χ0) is 15.6. The van der Waals surface area contributed by atoms with Gasteiger partial charge in [0.05, 0.1) is 10.6 Å². The summed E-state index contributed by atoms with van der Waals surface area (Å²) in [6, 6.07) is 5.80. The van der Waals surface area contributed by atoms with Gasteiger partial charge in [-0.3, -0.25) is 9.59 Å². The van der Waals surface area contributed by atoms with Crippen molar-refractivity contribution in [1.82, 2.24) is 0 Å². The lowest BCUT2D eigenvalue weighted by atomic mass is 10.2. The molecule has 110 valence electrons. The molecule has 4 nitrogen and oxygen atoms in total. The second-order valence-corrected chi connectivity index (χ2v) is 5.94. The van der Waals surface area contributed by atoms with Crippen LogP contribution in [0, 0.1) is 19.7 Å². The van der Waals surface area contributed by atoms with Crippen LogP contribution in [0.5, 0.6) is 0 Å². The Hall–Kier alpha value is -2.21. The monoisotopic (exact) mass is 306 g/mol. The predicted molar refractivity (Wildman–Crippen MR) is 82.4 cm³/mol.